The normalized spacial score (nSPS) is 18.2. The van der Waals surface area contributed by atoms with Gasteiger partial charge in [-0.15, -0.1) is 0 Å². The molecule has 0 radical (unpaired) electrons. The molecule has 0 spiro atoms. The second-order valence-electron chi connectivity index (χ2n) is 4.00. The summed E-state index contributed by atoms with van der Waals surface area (Å²) >= 11 is 0. The van der Waals surface area contributed by atoms with Gasteiger partial charge in [-0.1, -0.05) is 5.16 Å². The van der Waals surface area contributed by atoms with Gasteiger partial charge in [0.05, 0.1) is 12.5 Å². The molecule has 0 saturated heterocycles. The smallest absolute Gasteiger partial charge is 0.233 e. The lowest BCUT2D eigenvalue weighted by atomic mass is 10.1. The van der Waals surface area contributed by atoms with E-state index in [4.69, 9.17) is 15.7 Å². The SMILES string of the molecule is COCCN(C(=O)C(C)C(N)=NO)C1CC1. The predicted molar refractivity (Wildman–Crippen MR) is 59.2 cm³/mol. The summed E-state index contributed by atoms with van der Waals surface area (Å²) in [6, 6.07) is 0.302. The van der Waals surface area contributed by atoms with E-state index < -0.39 is 5.92 Å². The fourth-order valence-corrected chi connectivity index (χ4v) is 1.51. The number of carbonyl (C=O) groups is 1. The first-order valence-corrected chi connectivity index (χ1v) is 5.38. The molecule has 6 nitrogen and oxygen atoms in total. The van der Waals surface area contributed by atoms with Crippen molar-refractivity contribution in [1.29, 1.82) is 0 Å². The van der Waals surface area contributed by atoms with Gasteiger partial charge in [-0.3, -0.25) is 4.79 Å². The number of rotatable bonds is 6. The Balaban J connectivity index is 2.59. The predicted octanol–water partition coefficient (Wildman–Crippen LogP) is 0.00630. The highest BCUT2D eigenvalue weighted by Crippen LogP contribution is 2.27. The van der Waals surface area contributed by atoms with Gasteiger partial charge in [0.25, 0.3) is 0 Å². The highest BCUT2D eigenvalue weighted by Gasteiger charge is 2.35. The van der Waals surface area contributed by atoms with Crippen LogP contribution in [0, 0.1) is 5.92 Å². The van der Waals surface area contributed by atoms with Crippen LogP contribution >= 0.6 is 0 Å². The third-order valence-corrected chi connectivity index (χ3v) is 2.74. The molecule has 1 unspecified atom stereocenters. The molecule has 0 heterocycles. The minimum absolute atomic E-state index is 0.0481. The molecule has 1 aliphatic rings. The zero-order chi connectivity index (χ0) is 12.1. The largest absolute Gasteiger partial charge is 0.409 e. The Bertz CT molecular complexity index is 276. The van der Waals surface area contributed by atoms with Gasteiger partial charge in [-0.25, -0.2) is 0 Å². The zero-order valence-corrected chi connectivity index (χ0v) is 9.72. The number of amides is 1. The number of oxime groups is 1. The Morgan fingerprint density at radius 3 is 2.75 bits per heavy atom. The lowest BCUT2D eigenvalue weighted by molar-refractivity contribution is -0.134. The van der Waals surface area contributed by atoms with Crippen LogP contribution < -0.4 is 5.73 Å². The fourth-order valence-electron chi connectivity index (χ4n) is 1.51. The van der Waals surface area contributed by atoms with E-state index in [1.54, 1.807) is 18.9 Å². The number of hydrogen-bond acceptors (Lipinski definition) is 4. The van der Waals surface area contributed by atoms with Gasteiger partial charge < -0.3 is 20.6 Å². The first-order valence-electron chi connectivity index (χ1n) is 5.38. The van der Waals surface area contributed by atoms with E-state index in [0.29, 0.717) is 19.2 Å². The number of nitrogens with zero attached hydrogens (tertiary/aromatic N) is 2. The van der Waals surface area contributed by atoms with E-state index in [1.807, 2.05) is 0 Å². The molecule has 3 N–H and O–H groups in total. The Labute approximate surface area is 95.0 Å². The molecular weight excluding hydrogens is 210 g/mol. The van der Waals surface area contributed by atoms with Crippen LogP contribution in [0.3, 0.4) is 0 Å². The van der Waals surface area contributed by atoms with Crippen molar-refractivity contribution < 1.29 is 14.7 Å². The van der Waals surface area contributed by atoms with E-state index in [2.05, 4.69) is 5.16 Å². The number of carbonyl (C=O) groups excluding carboxylic acids is 1. The molecule has 1 atom stereocenters. The molecule has 92 valence electrons. The molecular formula is C10H19N3O3. The second kappa shape index (κ2) is 5.69. The van der Waals surface area contributed by atoms with Gasteiger partial charge in [0.2, 0.25) is 5.91 Å². The highest BCUT2D eigenvalue weighted by atomic mass is 16.5. The van der Waals surface area contributed by atoms with Gasteiger partial charge in [-0.2, -0.15) is 0 Å². The third kappa shape index (κ3) is 3.10. The molecule has 6 heteroatoms. The minimum atomic E-state index is -0.581. The maximum Gasteiger partial charge on any atom is 0.233 e. The summed E-state index contributed by atoms with van der Waals surface area (Å²) in [5.74, 6) is -0.731. The van der Waals surface area contributed by atoms with Gasteiger partial charge in [0.15, 0.2) is 5.84 Å². The van der Waals surface area contributed by atoms with Crippen molar-refractivity contribution in [3.8, 4) is 0 Å². The molecule has 0 aromatic heterocycles. The summed E-state index contributed by atoms with van der Waals surface area (Å²) < 4.78 is 4.96. The van der Waals surface area contributed by atoms with Crippen molar-refractivity contribution in [3.63, 3.8) is 0 Å². The van der Waals surface area contributed by atoms with Crippen LogP contribution in [0.2, 0.25) is 0 Å². The maximum absolute atomic E-state index is 12.0. The van der Waals surface area contributed by atoms with Crippen LogP contribution in [0.4, 0.5) is 0 Å². The molecule has 0 aromatic carbocycles. The summed E-state index contributed by atoms with van der Waals surface area (Å²) in [4.78, 5) is 13.8. The fraction of sp³-hybridized carbons (Fsp3) is 0.800. The Morgan fingerprint density at radius 1 is 1.69 bits per heavy atom. The number of hydrogen-bond donors (Lipinski definition) is 2. The monoisotopic (exact) mass is 229 g/mol. The maximum atomic E-state index is 12.0. The van der Waals surface area contributed by atoms with Gasteiger partial charge >= 0.3 is 0 Å². The summed E-state index contributed by atoms with van der Waals surface area (Å²) in [5, 5.41) is 11.4. The van der Waals surface area contributed by atoms with Gasteiger partial charge in [0, 0.05) is 19.7 Å². The standard InChI is InChI=1S/C10H19N3O3/c1-7(9(11)12-15)10(14)13(5-6-16-2)8-3-4-8/h7-8,15H,3-6H2,1-2H3,(H2,11,12). The number of ether oxygens (including phenoxy) is 1. The average molecular weight is 229 g/mol. The van der Waals surface area contributed by atoms with Crippen molar-refractivity contribution in [2.45, 2.75) is 25.8 Å². The Hall–Kier alpha value is -1.30. The van der Waals surface area contributed by atoms with E-state index >= 15 is 0 Å². The quantitative estimate of drug-likeness (QED) is 0.290. The first kappa shape index (κ1) is 12.8. The van der Waals surface area contributed by atoms with Crippen LogP contribution in [0.25, 0.3) is 0 Å². The lowest BCUT2D eigenvalue weighted by Crippen LogP contribution is -2.43. The molecule has 0 aromatic rings. The zero-order valence-electron chi connectivity index (χ0n) is 9.72. The lowest BCUT2D eigenvalue weighted by Gasteiger charge is -2.24. The topological polar surface area (TPSA) is 88.2 Å². The first-order chi connectivity index (χ1) is 7.61. The van der Waals surface area contributed by atoms with Crippen molar-refractivity contribution >= 4 is 11.7 Å². The molecule has 1 fully saturated rings. The third-order valence-electron chi connectivity index (χ3n) is 2.74. The summed E-state index contributed by atoms with van der Waals surface area (Å²) in [6.07, 6.45) is 2.05. The van der Waals surface area contributed by atoms with Crippen LogP contribution in [0.5, 0.6) is 0 Å². The molecule has 0 aliphatic heterocycles. The summed E-state index contributed by atoms with van der Waals surface area (Å²) in [6.45, 7) is 2.70. The van der Waals surface area contributed by atoms with E-state index in [1.165, 1.54) is 0 Å². The Morgan fingerprint density at radius 2 is 2.31 bits per heavy atom. The van der Waals surface area contributed by atoms with E-state index in [-0.39, 0.29) is 11.7 Å². The molecule has 1 rings (SSSR count). The Kier molecular flexibility index (Phi) is 4.54. The van der Waals surface area contributed by atoms with Crippen LogP contribution in [-0.2, 0) is 9.53 Å². The van der Waals surface area contributed by atoms with Crippen LogP contribution in [-0.4, -0.2) is 48.2 Å². The van der Waals surface area contributed by atoms with E-state index in [9.17, 15) is 4.79 Å². The number of nitrogens with two attached hydrogens (primary N) is 1. The summed E-state index contributed by atoms with van der Waals surface area (Å²) in [5.41, 5.74) is 5.43. The van der Waals surface area contributed by atoms with Crippen LogP contribution in [0.1, 0.15) is 19.8 Å². The summed E-state index contributed by atoms with van der Waals surface area (Å²) in [7, 11) is 1.60. The molecule has 1 amide bonds. The molecule has 16 heavy (non-hydrogen) atoms. The molecule has 1 aliphatic carbocycles. The van der Waals surface area contributed by atoms with Crippen molar-refractivity contribution in [1.82, 2.24) is 4.90 Å². The minimum Gasteiger partial charge on any atom is -0.409 e. The van der Waals surface area contributed by atoms with Gasteiger partial charge in [-0.05, 0) is 19.8 Å². The number of amidine groups is 1. The highest BCUT2D eigenvalue weighted by molar-refractivity contribution is 6.01. The van der Waals surface area contributed by atoms with Crippen molar-refractivity contribution in [2.75, 3.05) is 20.3 Å². The van der Waals surface area contributed by atoms with Crippen molar-refractivity contribution in [2.24, 2.45) is 16.8 Å². The second-order valence-corrected chi connectivity index (χ2v) is 4.00. The van der Waals surface area contributed by atoms with E-state index in [0.717, 1.165) is 12.8 Å². The van der Waals surface area contributed by atoms with Gasteiger partial charge in [0.1, 0.15) is 0 Å². The van der Waals surface area contributed by atoms with Crippen molar-refractivity contribution in [3.05, 3.63) is 0 Å². The van der Waals surface area contributed by atoms with Crippen LogP contribution in [0.15, 0.2) is 5.16 Å². The average Bonchev–Trinajstić information content (AvgIpc) is 3.11. The molecule has 1 saturated carbocycles. The molecule has 0 bridgehead atoms. The number of methoxy groups -OCH3 is 1.